The first-order valence-corrected chi connectivity index (χ1v) is 8.19. The van der Waals surface area contributed by atoms with Crippen molar-refractivity contribution < 1.29 is 19.5 Å². The lowest BCUT2D eigenvalue weighted by molar-refractivity contribution is -0.142. The predicted octanol–water partition coefficient (Wildman–Crippen LogP) is 1.52. The Morgan fingerprint density at radius 2 is 1.71 bits per heavy atom. The van der Waals surface area contributed by atoms with Gasteiger partial charge >= 0.3 is 12.0 Å². The van der Waals surface area contributed by atoms with Crippen LogP contribution in [0.15, 0.2) is 30.3 Å². The van der Waals surface area contributed by atoms with Crippen molar-refractivity contribution in [1.82, 2.24) is 10.2 Å². The molecule has 1 saturated carbocycles. The summed E-state index contributed by atoms with van der Waals surface area (Å²) in [4.78, 5) is 36.8. The molecule has 128 valence electrons. The van der Waals surface area contributed by atoms with Crippen LogP contribution in [0.25, 0.3) is 0 Å². The summed E-state index contributed by atoms with van der Waals surface area (Å²) < 4.78 is 0. The Balaban J connectivity index is 1.41. The molecule has 24 heavy (non-hydrogen) atoms. The molecule has 0 unspecified atom stereocenters. The zero-order valence-corrected chi connectivity index (χ0v) is 13.3. The Morgan fingerprint density at radius 3 is 2.29 bits per heavy atom. The van der Waals surface area contributed by atoms with E-state index in [1.807, 2.05) is 30.3 Å². The molecule has 7 nitrogen and oxygen atoms in total. The second-order valence-corrected chi connectivity index (χ2v) is 6.35. The Kier molecular flexibility index (Phi) is 4.69. The number of carbonyl (C=O) groups excluding carboxylic acids is 2. The van der Waals surface area contributed by atoms with Gasteiger partial charge in [-0.25, -0.2) is 4.79 Å². The summed E-state index contributed by atoms with van der Waals surface area (Å²) >= 11 is 0. The van der Waals surface area contributed by atoms with Gasteiger partial charge < -0.3 is 20.6 Å². The molecule has 0 aromatic heterocycles. The van der Waals surface area contributed by atoms with Crippen molar-refractivity contribution in [3.63, 3.8) is 0 Å². The van der Waals surface area contributed by atoms with Crippen molar-refractivity contribution >= 4 is 23.6 Å². The highest BCUT2D eigenvalue weighted by Crippen LogP contribution is 2.40. The number of carbonyl (C=O) groups is 3. The normalized spacial score (nSPS) is 23.4. The number of aliphatic carboxylic acids is 1. The van der Waals surface area contributed by atoms with Crippen LogP contribution in [0.2, 0.25) is 0 Å². The molecule has 3 amide bonds. The minimum absolute atomic E-state index is 0.0206. The molecule has 3 rings (SSSR count). The molecule has 7 heteroatoms. The lowest BCUT2D eigenvalue weighted by Gasteiger charge is -2.32. The molecule has 1 aliphatic heterocycles. The molecule has 0 radical (unpaired) electrons. The van der Waals surface area contributed by atoms with Gasteiger partial charge in [-0.3, -0.25) is 9.59 Å². The summed E-state index contributed by atoms with van der Waals surface area (Å²) in [7, 11) is 0. The number of hydrogen-bond acceptors (Lipinski definition) is 3. The summed E-state index contributed by atoms with van der Waals surface area (Å²) in [5.41, 5.74) is 0.732. The maximum atomic E-state index is 12.2. The first-order valence-electron chi connectivity index (χ1n) is 8.19. The van der Waals surface area contributed by atoms with Gasteiger partial charge in [0, 0.05) is 24.8 Å². The van der Waals surface area contributed by atoms with E-state index in [0.29, 0.717) is 32.4 Å². The fourth-order valence-electron chi connectivity index (χ4n) is 3.09. The number of benzene rings is 1. The summed E-state index contributed by atoms with van der Waals surface area (Å²) in [6.45, 7) is 1.11. The van der Waals surface area contributed by atoms with E-state index in [9.17, 15) is 14.4 Å². The number of para-hydroxylation sites is 1. The van der Waals surface area contributed by atoms with Crippen LogP contribution in [0.5, 0.6) is 0 Å². The number of urea groups is 1. The Morgan fingerprint density at radius 1 is 1.04 bits per heavy atom. The third kappa shape index (κ3) is 3.84. The van der Waals surface area contributed by atoms with E-state index in [1.54, 1.807) is 4.90 Å². The number of anilines is 1. The molecule has 0 bridgehead atoms. The number of carboxylic acids is 1. The van der Waals surface area contributed by atoms with Crippen molar-refractivity contribution in [2.45, 2.75) is 25.3 Å². The van der Waals surface area contributed by atoms with Crippen molar-refractivity contribution in [3.05, 3.63) is 30.3 Å². The summed E-state index contributed by atoms with van der Waals surface area (Å²) in [5.74, 6) is -1.81. The number of likely N-dealkylation sites (tertiary alicyclic amines) is 1. The molecule has 2 aliphatic rings. The lowest BCUT2D eigenvalue weighted by Crippen LogP contribution is -2.48. The van der Waals surface area contributed by atoms with E-state index in [0.717, 1.165) is 5.69 Å². The molecule has 1 heterocycles. The van der Waals surface area contributed by atoms with Crippen LogP contribution in [0.1, 0.15) is 19.3 Å². The highest BCUT2D eigenvalue weighted by molar-refractivity contribution is 5.90. The highest BCUT2D eigenvalue weighted by Gasteiger charge is 2.50. The Hall–Kier alpha value is -2.57. The van der Waals surface area contributed by atoms with Crippen LogP contribution in [0.3, 0.4) is 0 Å². The topological polar surface area (TPSA) is 98.7 Å². The van der Waals surface area contributed by atoms with Crippen molar-refractivity contribution in [1.29, 1.82) is 0 Å². The zero-order valence-electron chi connectivity index (χ0n) is 13.3. The minimum atomic E-state index is -0.887. The highest BCUT2D eigenvalue weighted by atomic mass is 16.4. The van der Waals surface area contributed by atoms with Crippen LogP contribution in [0, 0.1) is 11.8 Å². The predicted molar refractivity (Wildman–Crippen MR) is 87.4 cm³/mol. The number of hydrogen-bond donors (Lipinski definition) is 3. The first kappa shape index (κ1) is 16.3. The average molecular weight is 331 g/mol. The minimum Gasteiger partial charge on any atom is -0.481 e. The van der Waals surface area contributed by atoms with Gasteiger partial charge in [0.05, 0.1) is 11.8 Å². The first-order chi connectivity index (χ1) is 11.5. The lowest BCUT2D eigenvalue weighted by atomic mass is 10.0. The average Bonchev–Trinajstić information content (AvgIpc) is 3.36. The molecule has 2 fully saturated rings. The van der Waals surface area contributed by atoms with Crippen LogP contribution in [-0.4, -0.2) is 47.0 Å². The van der Waals surface area contributed by atoms with Crippen molar-refractivity contribution in [3.8, 4) is 0 Å². The van der Waals surface area contributed by atoms with Crippen LogP contribution in [0.4, 0.5) is 10.5 Å². The summed E-state index contributed by atoms with van der Waals surface area (Å²) in [6, 6.07) is 8.98. The Bertz CT molecular complexity index is 626. The van der Waals surface area contributed by atoms with Crippen molar-refractivity contribution in [2.24, 2.45) is 11.8 Å². The van der Waals surface area contributed by atoms with Gasteiger partial charge in [-0.15, -0.1) is 0 Å². The third-order valence-corrected chi connectivity index (χ3v) is 4.60. The van der Waals surface area contributed by atoms with E-state index in [1.165, 1.54) is 0 Å². The van der Waals surface area contributed by atoms with Crippen LogP contribution < -0.4 is 10.6 Å². The van der Waals surface area contributed by atoms with E-state index in [2.05, 4.69) is 10.6 Å². The van der Waals surface area contributed by atoms with Gasteiger partial charge in [0.1, 0.15) is 0 Å². The second kappa shape index (κ2) is 6.90. The number of nitrogens with one attached hydrogen (secondary N) is 2. The standard InChI is InChI=1S/C17H21N3O4/c21-15(13-10-14(13)16(22)23)20-8-6-12(7-9-20)19-17(24)18-11-4-2-1-3-5-11/h1-5,12-14H,6-10H2,(H,22,23)(H2,18,19,24)/t13-,14+/m0/s1. The summed E-state index contributed by atoms with van der Waals surface area (Å²) in [6.07, 6.45) is 1.81. The number of nitrogens with zero attached hydrogens (tertiary/aromatic N) is 1. The maximum absolute atomic E-state index is 12.2. The summed E-state index contributed by atoms with van der Waals surface area (Å²) in [5, 5.41) is 14.6. The second-order valence-electron chi connectivity index (χ2n) is 6.35. The number of piperidine rings is 1. The fraction of sp³-hybridized carbons (Fsp3) is 0.471. The Labute approximate surface area is 140 Å². The molecule has 1 aromatic carbocycles. The van der Waals surface area contributed by atoms with Gasteiger partial charge in [0.15, 0.2) is 0 Å². The number of rotatable bonds is 4. The van der Waals surface area contributed by atoms with E-state index >= 15 is 0 Å². The smallest absolute Gasteiger partial charge is 0.319 e. The molecule has 1 saturated heterocycles. The van der Waals surface area contributed by atoms with Gasteiger partial charge in [0.25, 0.3) is 0 Å². The van der Waals surface area contributed by atoms with E-state index < -0.39 is 11.9 Å². The molecule has 2 atom stereocenters. The van der Waals surface area contributed by atoms with Crippen LogP contribution in [-0.2, 0) is 9.59 Å². The molecule has 3 N–H and O–H groups in total. The van der Waals surface area contributed by atoms with Crippen LogP contribution >= 0.6 is 0 Å². The van der Waals surface area contributed by atoms with Gasteiger partial charge in [0.2, 0.25) is 5.91 Å². The fourth-order valence-corrected chi connectivity index (χ4v) is 3.09. The molecule has 1 aliphatic carbocycles. The monoisotopic (exact) mass is 331 g/mol. The largest absolute Gasteiger partial charge is 0.481 e. The molecular formula is C17H21N3O4. The molecule has 0 spiro atoms. The number of amides is 3. The zero-order chi connectivity index (χ0) is 17.1. The van der Waals surface area contributed by atoms with E-state index in [-0.39, 0.29) is 23.9 Å². The molecule has 1 aromatic rings. The molecular weight excluding hydrogens is 310 g/mol. The van der Waals surface area contributed by atoms with Gasteiger partial charge in [-0.2, -0.15) is 0 Å². The SMILES string of the molecule is O=C(Nc1ccccc1)NC1CCN(C(=O)[C@H]2C[C@H]2C(=O)O)CC1. The van der Waals surface area contributed by atoms with Crippen molar-refractivity contribution in [2.75, 3.05) is 18.4 Å². The van der Waals surface area contributed by atoms with Gasteiger partial charge in [-0.1, -0.05) is 18.2 Å². The third-order valence-electron chi connectivity index (χ3n) is 4.60. The quantitative estimate of drug-likeness (QED) is 0.779. The number of carboxylic acid groups (broad SMARTS) is 1. The maximum Gasteiger partial charge on any atom is 0.319 e. The van der Waals surface area contributed by atoms with Gasteiger partial charge in [-0.05, 0) is 31.4 Å². The van der Waals surface area contributed by atoms with E-state index in [4.69, 9.17) is 5.11 Å².